The Bertz CT molecular complexity index is 752. The number of benzene rings is 2. The zero-order valence-electron chi connectivity index (χ0n) is 15.3. The van der Waals surface area contributed by atoms with Crippen LogP contribution in [-0.4, -0.2) is 21.6 Å². The largest absolute Gasteiger partial charge is 0.494 e. The first-order valence-corrected chi connectivity index (χ1v) is 10.4. The highest BCUT2D eigenvalue weighted by Gasteiger charge is 2.16. The summed E-state index contributed by atoms with van der Waals surface area (Å²) in [5.74, 6) is 1.58. The molecule has 142 valence electrons. The smallest absolute Gasteiger partial charge is 0.339 e. The van der Waals surface area contributed by atoms with Crippen molar-refractivity contribution in [2.24, 2.45) is 0 Å². The molecule has 0 saturated carbocycles. The van der Waals surface area contributed by atoms with Crippen LogP contribution in [0.1, 0.15) is 39.5 Å². The summed E-state index contributed by atoms with van der Waals surface area (Å²) in [6, 6.07) is 12.8. The minimum Gasteiger partial charge on any atom is -0.494 e. The summed E-state index contributed by atoms with van der Waals surface area (Å²) in [5, 5.41) is 0. The number of rotatable bonds is 11. The van der Waals surface area contributed by atoms with Crippen molar-refractivity contribution in [1.29, 1.82) is 0 Å². The van der Waals surface area contributed by atoms with Crippen molar-refractivity contribution in [2.45, 2.75) is 44.4 Å². The standard InChI is InChI=1S/C20H26O5S/c1-3-5-15-23-17-7-9-19(10-8-17)25-26(21,22)20-13-11-18(12-14-20)24-16-6-4-2/h7-14H,3-6,15-16H2,1-2H3. The van der Waals surface area contributed by atoms with Crippen LogP contribution in [0.25, 0.3) is 0 Å². The van der Waals surface area contributed by atoms with E-state index < -0.39 is 10.1 Å². The molecule has 0 amide bonds. The van der Waals surface area contributed by atoms with Crippen molar-refractivity contribution in [3.05, 3.63) is 48.5 Å². The second kappa shape index (κ2) is 10.1. The monoisotopic (exact) mass is 378 g/mol. The molecule has 0 bridgehead atoms. The van der Waals surface area contributed by atoms with Crippen LogP contribution in [0.15, 0.2) is 53.4 Å². The second-order valence-corrected chi connectivity index (χ2v) is 7.43. The molecular weight excluding hydrogens is 352 g/mol. The lowest BCUT2D eigenvalue weighted by Crippen LogP contribution is -2.09. The van der Waals surface area contributed by atoms with Crippen molar-refractivity contribution < 1.29 is 22.1 Å². The number of hydrogen-bond acceptors (Lipinski definition) is 5. The topological polar surface area (TPSA) is 61.8 Å². The predicted molar refractivity (Wildman–Crippen MR) is 102 cm³/mol. The highest BCUT2D eigenvalue weighted by atomic mass is 32.2. The van der Waals surface area contributed by atoms with Gasteiger partial charge >= 0.3 is 10.1 Å². The maximum atomic E-state index is 12.4. The van der Waals surface area contributed by atoms with Gasteiger partial charge in [0.2, 0.25) is 0 Å². The van der Waals surface area contributed by atoms with Gasteiger partial charge in [-0.3, -0.25) is 0 Å². The average Bonchev–Trinajstić information content (AvgIpc) is 2.64. The molecule has 0 fully saturated rings. The fourth-order valence-corrected chi connectivity index (χ4v) is 3.07. The highest BCUT2D eigenvalue weighted by Crippen LogP contribution is 2.23. The van der Waals surface area contributed by atoms with Crippen molar-refractivity contribution >= 4 is 10.1 Å². The molecular formula is C20H26O5S. The molecule has 0 aliphatic heterocycles. The quantitative estimate of drug-likeness (QED) is 0.415. The molecule has 2 aromatic rings. The molecule has 0 saturated heterocycles. The summed E-state index contributed by atoms with van der Waals surface area (Å²) >= 11 is 0. The van der Waals surface area contributed by atoms with Crippen molar-refractivity contribution in [2.75, 3.05) is 13.2 Å². The normalized spacial score (nSPS) is 11.2. The lowest BCUT2D eigenvalue weighted by molar-refractivity contribution is 0.309. The summed E-state index contributed by atoms with van der Waals surface area (Å²) < 4.78 is 41.0. The first-order valence-electron chi connectivity index (χ1n) is 8.95. The van der Waals surface area contributed by atoms with Gasteiger partial charge in [0.05, 0.1) is 13.2 Å². The molecule has 0 unspecified atom stereocenters. The summed E-state index contributed by atoms with van der Waals surface area (Å²) in [7, 11) is -3.89. The fourth-order valence-electron chi connectivity index (χ4n) is 2.14. The van der Waals surface area contributed by atoms with Crippen LogP contribution in [0, 0.1) is 0 Å². The third-order valence-corrected chi connectivity index (χ3v) is 4.94. The Morgan fingerprint density at radius 2 is 1.12 bits per heavy atom. The van der Waals surface area contributed by atoms with Gasteiger partial charge in [-0.15, -0.1) is 0 Å². The van der Waals surface area contributed by atoms with E-state index in [9.17, 15) is 8.42 Å². The van der Waals surface area contributed by atoms with Gasteiger partial charge in [-0.2, -0.15) is 8.42 Å². The van der Waals surface area contributed by atoms with Crippen LogP contribution >= 0.6 is 0 Å². The Morgan fingerprint density at radius 1 is 0.692 bits per heavy atom. The third kappa shape index (κ3) is 6.26. The van der Waals surface area contributed by atoms with Crippen LogP contribution < -0.4 is 13.7 Å². The van der Waals surface area contributed by atoms with E-state index in [1.807, 2.05) is 0 Å². The minimum absolute atomic E-state index is 0.0867. The van der Waals surface area contributed by atoms with E-state index in [2.05, 4.69) is 13.8 Å². The van der Waals surface area contributed by atoms with Gasteiger partial charge in [-0.05, 0) is 61.4 Å². The Hall–Kier alpha value is -2.21. The zero-order valence-corrected chi connectivity index (χ0v) is 16.1. The molecule has 5 nitrogen and oxygen atoms in total. The van der Waals surface area contributed by atoms with E-state index in [4.69, 9.17) is 13.7 Å². The molecule has 0 atom stereocenters. The second-order valence-electron chi connectivity index (χ2n) is 5.88. The molecule has 2 rings (SSSR count). The van der Waals surface area contributed by atoms with E-state index in [1.54, 1.807) is 36.4 Å². The Kier molecular flexibility index (Phi) is 7.78. The Morgan fingerprint density at radius 3 is 1.58 bits per heavy atom. The van der Waals surface area contributed by atoms with Gasteiger partial charge in [-0.25, -0.2) is 0 Å². The molecule has 0 aliphatic rings. The summed E-state index contributed by atoms with van der Waals surface area (Å²) in [5.41, 5.74) is 0. The maximum absolute atomic E-state index is 12.4. The number of ether oxygens (including phenoxy) is 2. The summed E-state index contributed by atoms with van der Waals surface area (Å²) in [4.78, 5) is 0.0867. The van der Waals surface area contributed by atoms with Crippen molar-refractivity contribution in [3.8, 4) is 17.2 Å². The Labute approximate surface area is 156 Å². The molecule has 6 heteroatoms. The van der Waals surface area contributed by atoms with Gasteiger partial charge in [-0.1, -0.05) is 26.7 Å². The molecule has 0 aromatic heterocycles. The van der Waals surface area contributed by atoms with E-state index in [-0.39, 0.29) is 10.6 Å². The Balaban J connectivity index is 1.97. The highest BCUT2D eigenvalue weighted by molar-refractivity contribution is 7.87. The van der Waals surface area contributed by atoms with E-state index >= 15 is 0 Å². The summed E-state index contributed by atoms with van der Waals surface area (Å²) in [6.45, 7) is 5.43. The average molecular weight is 378 g/mol. The summed E-state index contributed by atoms with van der Waals surface area (Å²) in [6.07, 6.45) is 4.04. The van der Waals surface area contributed by atoms with E-state index in [0.717, 1.165) is 25.7 Å². The van der Waals surface area contributed by atoms with Crippen LogP contribution in [0.2, 0.25) is 0 Å². The third-order valence-electron chi connectivity index (χ3n) is 3.68. The van der Waals surface area contributed by atoms with Crippen LogP contribution in [-0.2, 0) is 10.1 Å². The zero-order chi connectivity index (χ0) is 18.8. The first-order chi connectivity index (χ1) is 12.5. The maximum Gasteiger partial charge on any atom is 0.339 e. The number of unbranched alkanes of at least 4 members (excludes halogenated alkanes) is 2. The molecule has 0 heterocycles. The van der Waals surface area contributed by atoms with Crippen LogP contribution in [0.5, 0.6) is 17.2 Å². The van der Waals surface area contributed by atoms with Gasteiger partial charge < -0.3 is 13.7 Å². The molecule has 0 radical (unpaired) electrons. The lowest BCUT2D eigenvalue weighted by atomic mass is 10.3. The molecule has 0 aliphatic carbocycles. The molecule has 0 N–H and O–H groups in total. The number of hydrogen-bond donors (Lipinski definition) is 0. The van der Waals surface area contributed by atoms with Crippen molar-refractivity contribution in [3.63, 3.8) is 0 Å². The van der Waals surface area contributed by atoms with Crippen molar-refractivity contribution in [1.82, 2.24) is 0 Å². The van der Waals surface area contributed by atoms with Gasteiger partial charge in [0, 0.05) is 0 Å². The van der Waals surface area contributed by atoms with E-state index in [1.165, 1.54) is 12.1 Å². The predicted octanol–water partition coefficient (Wildman–Crippen LogP) is 4.81. The van der Waals surface area contributed by atoms with Gasteiger partial charge in [0.1, 0.15) is 22.1 Å². The fraction of sp³-hybridized carbons (Fsp3) is 0.400. The van der Waals surface area contributed by atoms with Gasteiger partial charge in [0.15, 0.2) is 0 Å². The lowest BCUT2D eigenvalue weighted by Gasteiger charge is -2.10. The molecule has 26 heavy (non-hydrogen) atoms. The molecule has 0 spiro atoms. The van der Waals surface area contributed by atoms with Gasteiger partial charge in [0.25, 0.3) is 0 Å². The molecule has 2 aromatic carbocycles. The van der Waals surface area contributed by atoms with E-state index in [0.29, 0.717) is 24.7 Å². The van der Waals surface area contributed by atoms with Crippen LogP contribution in [0.4, 0.5) is 0 Å². The minimum atomic E-state index is -3.89. The SMILES string of the molecule is CCCCOc1ccc(OS(=O)(=O)c2ccc(OCCCC)cc2)cc1. The first kappa shape index (κ1) is 20.1. The van der Waals surface area contributed by atoms with Crippen LogP contribution in [0.3, 0.4) is 0 Å².